The molecular formula is C32H56O2S2. The van der Waals surface area contributed by atoms with E-state index in [0.717, 1.165) is 30.1 Å². The van der Waals surface area contributed by atoms with Crippen molar-refractivity contribution in [3.8, 4) is 0 Å². The predicted octanol–water partition coefficient (Wildman–Crippen LogP) is 10.1. The summed E-state index contributed by atoms with van der Waals surface area (Å²) < 4.78 is 0. The fraction of sp³-hybridized carbons (Fsp3) is 0.688. The zero-order valence-corrected chi connectivity index (χ0v) is 25.6. The maximum atomic E-state index is 10.6. The van der Waals surface area contributed by atoms with Gasteiger partial charge in [0.15, 0.2) is 0 Å². The number of thioether (sulfide) groups is 1. The van der Waals surface area contributed by atoms with Crippen LogP contribution in [-0.2, 0) is 5.60 Å². The Morgan fingerprint density at radius 1 is 1.08 bits per heavy atom. The van der Waals surface area contributed by atoms with Crippen molar-refractivity contribution in [3.05, 3.63) is 58.8 Å². The lowest BCUT2D eigenvalue weighted by Gasteiger charge is -2.29. The van der Waals surface area contributed by atoms with E-state index in [4.69, 9.17) is 5.11 Å². The topological polar surface area (TPSA) is 40.5 Å². The van der Waals surface area contributed by atoms with Gasteiger partial charge in [-0.3, -0.25) is 0 Å². The molecule has 2 unspecified atom stereocenters. The van der Waals surface area contributed by atoms with Crippen molar-refractivity contribution in [2.75, 3.05) is 12.9 Å². The van der Waals surface area contributed by atoms with E-state index in [0.29, 0.717) is 5.25 Å². The van der Waals surface area contributed by atoms with Gasteiger partial charge in [0, 0.05) is 17.2 Å². The lowest BCUT2D eigenvalue weighted by molar-refractivity contribution is 0.0899. The quantitative estimate of drug-likeness (QED) is 0.206. The molecule has 0 saturated carbocycles. The van der Waals surface area contributed by atoms with Crippen LogP contribution in [0.3, 0.4) is 0 Å². The van der Waals surface area contributed by atoms with E-state index in [-0.39, 0.29) is 0 Å². The molecular weight excluding hydrogens is 480 g/mol. The van der Waals surface area contributed by atoms with Crippen LogP contribution in [0.2, 0.25) is 0 Å². The van der Waals surface area contributed by atoms with Crippen molar-refractivity contribution >= 4 is 23.1 Å². The smallest absolute Gasteiger partial charge is 0.128 e. The Kier molecular flexibility index (Phi) is 22.8. The van der Waals surface area contributed by atoms with Gasteiger partial charge in [0.1, 0.15) is 5.60 Å². The lowest BCUT2D eigenvalue weighted by atomic mass is 9.95. The summed E-state index contributed by atoms with van der Waals surface area (Å²) in [7, 11) is 1.00. The van der Waals surface area contributed by atoms with E-state index < -0.39 is 5.60 Å². The molecule has 1 aromatic heterocycles. The van der Waals surface area contributed by atoms with E-state index in [2.05, 4.69) is 52.5 Å². The van der Waals surface area contributed by atoms with Gasteiger partial charge in [-0.2, -0.15) is 11.8 Å². The van der Waals surface area contributed by atoms with Crippen molar-refractivity contribution in [1.82, 2.24) is 0 Å². The molecule has 0 radical (unpaired) electrons. The summed E-state index contributed by atoms with van der Waals surface area (Å²) in [5, 5.41) is 19.8. The largest absolute Gasteiger partial charge is 0.400 e. The van der Waals surface area contributed by atoms with Gasteiger partial charge in [0.05, 0.1) is 0 Å². The molecule has 2 nitrogen and oxygen atoms in total. The minimum Gasteiger partial charge on any atom is -0.400 e. The summed E-state index contributed by atoms with van der Waals surface area (Å²) in [6.07, 6.45) is 25.8. The van der Waals surface area contributed by atoms with Crippen molar-refractivity contribution in [2.24, 2.45) is 5.92 Å². The molecule has 2 atom stereocenters. The van der Waals surface area contributed by atoms with Crippen LogP contribution in [0, 0.1) is 5.92 Å². The molecule has 0 amide bonds. The van der Waals surface area contributed by atoms with Gasteiger partial charge in [0.25, 0.3) is 0 Å². The minimum atomic E-state index is -0.810. The van der Waals surface area contributed by atoms with Crippen molar-refractivity contribution in [2.45, 2.75) is 122 Å². The molecule has 1 aromatic rings. The highest BCUT2D eigenvalue weighted by molar-refractivity contribution is 8.00. The van der Waals surface area contributed by atoms with E-state index in [1.165, 1.54) is 77.0 Å². The molecule has 2 N–H and O–H groups in total. The number of allylic oxidation sites excluding steroid dienone is 4. The van der Waals surface area contributed by atoms with Crippen LogP contribution >= 0.6 is 23.1 Å². The molecule has 1 saturated heterocycles. The van der Waals surface area contributed by atoms with Crippen molar-refractivity contribution in [1.29, 1.82) is 0 Å². The highest BCUT2D eigenvalue weighted by Gasteiger charge is 2.38. The molecule has 1 aliphatic heterocycles. The average Bonchev–Trinajstić information content (AvgIpc) is 3.67. The summed E-state index contributed by atoms with van der Waals surface area (Å²) in [5.74, 6) is 2.17. The standard InChI is InChI=1S/C11H14OS2.C11H18.C9H20.CH4O/c1-2-11(12,9-5-3-7-13-9)10-6-4-8-14-10;1-2-3-5-8-11-9-6-4-7-10-11;1-4-7-9(6-3)8-5-2;1-2/h2-3,5,7,10,12H,1,4,6,8H2;6,9-10H,2-5,7-8H2,1H3;9H,4-8H2,1-3H3;2H,1H3. The van der Waals surface area contributed by atoms with E-state index in [9.17, 15) is 5.11 Å². The van der Waals surface area contributed by atoms with Crippen LogP contribution in [0.25, 0.3) is 0 Å². The molecule has 1 fully saturated rings. The first-order valence-electron chi connectivity index (χ1n) is 14.4. The number of unbranched alkanes of at least 4 members (excludes halogenated alkanes) is 2. The van der Waals surface area contributed by atoms with Crippen LogP contribution < -0.4 is 0 Å². The third kappa shape index (κ3) is 14.2. The third-order valence-corrected chi connectivity index (χ3v) is 9.29. The number of rotatable bonds is 12. The van der Waals surface area contributed by atoms with E-state index >= 15 is 0 Å². The molecule has 208 valence electrons. The highest BCUT2D eigenvalue weighted by atomic mass is 32.2. The first kappa shape index (κ1) is 35.2. The van der Waals surface area contributed by atoms with Crippen LogP contribution in [-0.4, -0.2) is 28.3 Å². The summed E-state index contributed by atoms with van der Waals surface area (Å²) in [5.41, 5.74) is 0.750. The van der Waals surface area contributed by atoms with Crippen LogP contribution in [0.5, 0.6) is 0 Å². The van der Waals surface area contributed by atoms with Gasteiger partial charge in [-0.1, -0.05) is 115 Å². The number of aliphatic hydroxyl groups excluding tert-OH is 1. The Hall–Kier alpha value is -0.810. The highest BCUT2D eigenvalue weighted by Crippen LogP contribution is 2.42. The zero-order chi connectivity index (χ0) is 27.1. The Balaban J connectivity index is 0.000000507. The number of aliphatic hydroxyl groups is 2. The second kappa shape index (κ2) is 23.3. The summed E-state index contributed by atoms with van der Waals surface area (Å²) >= 11 is 3.46. The van der Waals surface area contributed by atoms with Crippen LogP contribution in [0.15, 0.2) is 54.0 Å². The minimum absolute atomic E-state index is 0.290. The number of thiophene rings is 1. The first-order chi connectivity index (χ1) is 17.5. The molecule has 2 heterocycles. The molecule has 1 aliphatic carbocycles. The van der Waals surface area contributed by atoms with Gasteiger partial charge in [-0.15, -0.1) is 11.3 Å². The first-order valence-corrected chi connectivity index (χ1v) is 16.3. The second-order valence-corrected chi connectivity index (χ2v) is 11.8. The molecule has 2 aliphatic rings. The van der Waals surface area contributed by atoms with Gasteiger partial charge in [-0.25, -0.2) is 0 Å². The number of hydrogen-bond acceptors (Lipinski definition) is 4. The van der Waals surface area contributed by atoms with Crippen molar-refractivity contribution in [3.63, 3.8) is 0 Å². The molecule has 4 heteroatoms. The maximum absolute atomic E-state index is 10.6. The summed E-state index contributed by atoms with van der Waals surface area (Å²) in [6.45, 7) is 12.9. The molecule has 3 rings (SSSR count). The fourth-order valence-electron chi connectivity index (χ4n) is 4.62. The third-order valence-electron chi connectivity index (χ3n) is 6.76. The van der Waals surface area contributed by atoms with Gasteiger partial charge in [0.2, 0.25) is 0 Å². The van der Waals surface area contributed by atoms with Gasteiger partial charge < -0.3 is 10.2 Å². The Morgan fingerprint density at radius 3 is 2.25 bits per heavy atom. The summed E-state index contributed by atoms with van der Waals surface area (Å²) in [4.78, 5) is 1.02. The SMILES string of the molecule is C=CC(O)(c1cccs1)C1CCCS1.CCCC(CC)CCC.CCCCCC1=CCCC=C1.CO. The second-order valence-electron chi connectivity index (χ2n) is 9.58. The molecule has 36 heavy (non-hydrogen) atoms. The predicted molar refractivity (Wildman–Crippen MR) is 166 cm³/mol. The Labute approximate surface area is 232 Å². The normalized spacial score (nSPS) is 18.0. The maximum Gasteiger partial charge on any atom is 0.128 e. The Morgan fingerprint density at radius 2 is 1.81 bits per heavy atom. The summed E-state index contributed by atoms with van der Waals surface area (Å²) in [6, 6.07) is 3.97. The van der Waals surface area contributed by atoms with Crippen LogP contribution in [0.1, 0.15) is 116 Å². The lowest BCUT2D eigenvalue weighted by Crippen LogP contribution is -2.32. The zero-order valence-electron chi connectivity index (χ0n) is 24.0. The average molecular weight is 537 g/mol. The van der Waals surface area contributed by atoms with Crippen LogP contribution in [0.4, 0.5) is 0 Å². The van der Waals surface area contributed by atoms with Crippen molar-refractivity contribution < 1.29 is 10.2 Å². The molecule has 0 aromatic carbocycles. The Bertz CT molecular complexity index is 668. The molecule has 0 spiro atoms. The number of hydrogen-bond donors (Lipinski definition) is 2. The monoisotopic (exact) mass is 536 g/mol. The van der Waals surface area contributed by atoms with Gasteiger partial charge in [-0.05, 0) is 61.6 Å². The molecule has 0 bridgehead atoms. The van der Waals surface area contributed by atoms with Gasteiger partial charge >= 0.3 is 0 Å². The van der Waals surface area contributed by atoms with E-state index in [1.54, 1.807) is 23.0 Å². The van der Waals surface area contributed by atoms with E-state index in [1.807, 2.05) is 29.3 Å². The fourth-order valence-corrected chi connectivity index (χ4v) is 7.00.